The molecule has 108 valence electrons. The molecule has 0 radical (unpaired) electrons. The van der Waals surface area contributed by atoms with E-state index in [0.29, 0.717) is 5.92 Å². The number of hydrogen-bond acceptors (Lipinski definition) is 1. The third kappa shape index (κ3) is 2.35. The van der Waals surface area contributed by atoms with Crippen molar-refractivity contribution in [2.75, 3.05) is 4.90 Å². The molecule has 0 N–H and O–H groups in total. The van der Waals surface area contributed by atoms with E-state index in [9.17, 15) is 4.79 Å². The standard InChI is InChI=1S/C19H21NO/c1-14-13-19(2,3)20(17-12-8-7-11-16(14)17)18(21)15-9-5-4-6-10-15/h4-12,14H,13H2,1-3H3/t14-/m0/s1. The number of anilines is 1. The number of rotatable bonds is 1. The van der Waals surface area contributed by atoms with Crippen LogP contribution in [0.3, 0.4) is 0 Å². The molecule has 2 aromatic rings. The van der Waals surface area contributed by atoms with Gasteiger partial charge in [-0.15, -0.1) is 0 Å². The van der Waals surface area contributed by atoms with Gasteiger partial charge >= 0.3 is 0 Å². The number of carbonyl (C=O) groups excluding carboxylic acids is 1. The molecule has 0 saturated heterocycles. The fourth-order valence-electron chi connectivity index (χ4n) is 3.48. The fraction of sp³-hybridized carbons (Fsp3) is 0.316. The molecule has 0 fully saturated rings. The van der Waals surface area contributed by atoms with Crippen molar-refractivity contribution < 1.29 is 4.79 Å². The van der Waals surface area contributed by atoms with E-state index in [-0.39, 0.29) is 11.4 Å². The van der Waals surface area contributed by atoms with Gasteiger partial charge in [0.25, 0.3) is 5.91 Å². The first-order chi connectivity index (χ1) is 10.0. The minimum Gasteiger partial charge on any atom is -0.303 e. The summed E-state index contributed by atoms with van der Waals surface area (Å²) in [6.07, 6.45) is 0.975. The second kappa shape index (κ2) is 5.03. The van der Waals surface area contributed by atoms with Crippen molar-refractivity contribution in [2.45, 2.75) is 38.6 Å². The average molecular weight is 279 g/mol. The van der Waals surface area contributed by atoms with E-state index in [0.717, 1.165) is 17.7 Å². The molecule has 0 unspecified atom stereocenters. The van der Waals surface area contributed by atoms with Gasteiger partial charge < -0.3 is 4.90 Å². The van der Waals surface area contributed by atoms with Crippen LogP contribution in [0, 0.1) is 0 Å². The summed E-state index contributed by atoms with van der Waals surface area (Å²) < 4.78 is 0. The third-order valence-corrected chi connectivity index (χ3v) is 4.34. The van der Waals surface area contributed by atoms with Gasteiger partial charge in [0.1, 0.15) is 0 Å². The lowest BCUT2D eigenvalue weighted by Gasteiger charge is -2.46. The Morgan fingerprint density at radius 1 is 1.05 bits per heavy atom. The number of para-hydroxylation sites is 1. The molecule has 0 bridgehead atoms. The summed E-state index contributed by atoms with van der Waals surface area (Å²) >= 11 is 0. The third-order valence-electron chi connectivity index (χ3n) is 4.34. The topological polar surface area (TPSA) is 20.3 Å². The van der Waals surface area contributed by atoms with Crippen molar-refractivity contribution in [1.82, 2.24) is 0 Å². The van der Waals surface area contributed by atoms with Gasteiger partial charge in [-0.2, -0.15) is 0 Å². The first-order valence-corrected chi connectivity index (χ1v) is 7.49. The smallest absolute Gasteiger partial charge is 0.258 e. The summed E-state index contributed by atoms with van der Waals surface area (Å²) in [5.74, 6) is 0.552. The Bertz CT molecular complexity index is 660. The first kappa shape index (κ1) is 13.9. The highest BCUT2D eigenvalue weighted by atomic mass is 16.2. The molecule has 1 aliphatic heterocycles. The van der Waals surface area contributed by atoms with Crippen molar-refractivity contribution in [3.8, 4) is 0 Å². The van der Waals surface area contributed by atoms with Crippen molar-refractivity contribution >= 4 is 11.6 Å². The van der Waals surface area contributed by atoms with Crippen molar-refractivity contribution in [1.29, 1.82) is 0 Å². The molecule has 1 atom stereocenters. The maximum Gasteiger partial charge on any atom is 0.258 e. The van der Waals surface area contributed by atoms with Crippen LogP contribution >= 0.6 is 0 Å². The van der Waals surface area contributed by atoms with Crippen LogP contribution in [0.5, 0.6) is 0 Å². The van der Waals surface area contributed by atoms with Crippen molar-refractivity contribution in [3.05, 3.63) is 65.7 Å². The molecule has 0 aliphatic carbocycles. The second-order valence-electron chi connectivity index (χ2n) is 6.48. The molecule has 0 saturated carbocycles. The minimum atomic E-state index is -0.180. The van der Waals surface area contributed by atoms with Gasteiger partial charge in [-0.1, -0.05) is 43.3 Å². The average Bonchev–Trinajstić information content (AvgIpc) is 2.47. The van der Waals surface area contributed by atoms with Crippen LogP contribution in [0.2, 0.25) is 0 Å². The van der Waals surface area contributed by atoms with E-state index >= 15 is 0 Å². The van der Waals surface area contributed by atoms with E-state index in [1.165, 1.54) is 5.56 Å². The Labute approximate surface area is 126 Å². The van der Waals surface area contributed by atoms with Crippen LogP contribution in [-0.4, -0.2) is 11.4 Å². The number of benzene rings is 2. The van der Waals surface area contributed by atoms with Gasteiger partial charge in [0.15, 0.2) is 0 Å². The summed E-state index contributed by atoms with van der Waals surface area (Å²) in [7, 11) is 0. The van der Waals surface area contributed by atoms with Gasteiger partial charge in [-0.3, -0.25) is 4.79 Å². The van der Waals surface area contributed by atoms with Crippen molar-refractivity contribution in [3.63, 3.8) is 0 Å². The summed E-state index contributed by atoms with van der Waals surface area (Å²) in [5.41, 5.74) is 2.88. The number of hydrogen-bond donors (Lipinski definition) is 0. The van der Waals surface area contributed by atoms with Crippen LogP contribution in [0.4, 0.5) is 5.69 Å². The zero-order valence-corrected chi connectivity index (χ0v) is 12.8. The summed E-state index contributed by atoms with van der Waals surface area (Å²) in [4.78, 5) is 15.0. The van der Waals surface area contributed by atoms with Crippen LogP contribution in [0.1, 0.15) is 49.0 Å². The van der Waals surface area contributed by atoms with Crippen LogP contribution in [0.15, 0.2) is 54.6 Å². The van der Waals surface area contributed by atoms with Crippen LogP contribution in [0.25, 0.3) is 0 Å². The molecule has 0 aromatic heterocycles. The summed E-state index contributed by atoms with van der Waals surface area (Å²) in [6, 6.07) is 17.8. The van der Waals surface area contributed by atoms with Gasteiger partial charge in [0, 0.05) is 16.8 Å². The van der Waals surface area contributed by atoms with Gasteiger partial charge in [-0.25, -0.2) is 0 Å². The van der Waals surface area contributed by atoms with E-state index < -0.39 is 0 Å². The lowest BCUT2D eigenvalue weighted by atomic mass is 9.80. The Kier molecular flexibility index (Phi) is 3.32. The molecule has 2 aromatic carbocycles. The van der Waals surface area contributed by atoms with Crippen molar-refractivity contribution in [2.24, 2.45) is 0 Å². The molecular formula is C19H21NO. The summed E-state index contributed by atoms with van der Waals surface area (Å²) in [5, 5.41) is 0. The van der Waals surface area contributed by atoms with Crippen LogP contribution in [-0.2, 0) is 0 Å². The fourth-order valence-corrected chi connectivity index (χ4v) is 3.48. The summed E-state index contributed by atoms with van der Waals surface area (Å²) in [6.45, 7) is 6.55. The Morgan fingerprint density at radius 2 is 1.67 bits per heavy atom. The highest BCUT2D eigenvalue weighted by Crippen LogP contribution is 2.43. The SMILES string of the molecule is C[C@H]1CC(C)(C)N(C(=O)c2ccccc2)c2ccccc21. The minimum absolute atomic E-state index is 0.0833. The molecule has 3 rings (SSSR count). The Morgan fingerprint density at radius 3 is 2.38 bits per heavy atom. The Hall–Kier alpha value is -2.09. The zero-order chi connectivity index (χ0) is 15.0. The maximum atomic E-state index is 13.0. The molecule has 1 amide bonds. The monoisotopic (exact) mass is 279 g/mol. The zero-order valence-electron chi connectivity index (χ0n) is 12.8. The predicted molar refractivity (Wildman–Crippen MR) is 86.8 cm³/mol. The number of fused-ring (bicyclic) bond motifs is 1. The number of nitrogens with zero attached hydrogens (tertiary/aromatic N) is 1. The molecule has 0 spiro atoms. The molecule has 1 aliphatic rings. The molecular weight excluding hydrogens is 258 g/mol. The van der Waals surface area contributed by atoms with Gasteiger partial charge in [0.05, 0.1) is 0 Å². The normalized spacial score (nSPS) is 20.0. The second-order valence-corrected chi connectivity index (χ2v) is 6.48. The maximum absolute atomic E-state index is 13.0. The quantitative estimate of drug-likeness (QED) is 0.746. The number of amides is 1. The van der Waals surface area contributed by atoms with E-state index in [2.05, 4.69) is 39.0 Å². The van der Waals surface area contributed by atoms with E-state index in [1.807, 2.05) is 41.3 Å². The molecule has 2 heteroatoms. The molecule has 2 nitrogen and oxygen atoms in total. The van der Waals surface area contributed by atoms with Gasteiger partial charge in [0.2, 0.25) is 0 Å². The van der Waals surface area contributed by atoms with Crippen LogP contribution < -0.4 is 4.90 Å². The highest BCUT2D eigenvalue weighted by molar-refractivity contribution is 6.07. The van der Waals surface area contributed by atoms with E-state index in [4.69, 9.17) is 0 Å². The molecule has 1 heterocycles. The predicted octanol–water partition coefficient (Wildman–Crippen LogP) is 4.62. The Balaban J connectivity index is 2.11. The lowest BCUT2D eigenvalue weighted by Crippen LogP contribution is -2.51. The van der Waals surface area contributed by atoms with Gasteiger partial charge in [-0.05, 0) is 49.9 Å². The molecule has 21 heavy (non-hydrogen) atoms. The lowest BCUT2D eigenvalue weighted by molar-refractivity contribution is 0.0954. The largest absolute Gasteiger partial charge is 0.303 e. The highest BCUT2D eigenvalue weighted by Gasteiger charge is 2.39. The number of carbonyl (C=O) groups is 1. The first-order valence-electron chi connectivity index (χ1n) is 7.49. The van der Waals surface area contributed by atoms with E-state index in [1.54, 1.807) is 0 Å².